The van der Waals surface area contributed by atoms with E-state index in [1.807, 2.05) is 6.08 Å². The first-order valence-corrected chi connectivity index (χ1v) is 8.38. The Kier molecular flexibility index (Phi) is 4.87. The number of rotatable bonds is 5. The Morgan fingerprint density at radius 3 is 2.55 bits per heavy atom. The number of hydrogen-bond acceptors (Lipinski definition) is 4. The Labute approximate surface area is 130 Å². The lowest BCUT2D eigenvalue weighted by molar-refractivity contribution is 0.0696. The Bertz CT molecular complexity index is 675. The molecule has 0 unspecified atom stereocenters. The van der Waals surface area contributed by atoms with E-state index in [4.69, 9.17) is 9.84 Å². The minimum atomic E-state index is -3.70. The predicted molar refractivity (Wildman–Crippen MR) is 81.6 cm³/mol. The van der Waals surface area contributed by atoms with E-state index in [0.29, 0.717) is 19.0 Å². The first-order valence-electron chi connectivity index (χ1n) is 6.94. The molecule has 1 saturated heterocycles. The van der Waals surface area contributed by atoms with Gasteiger partial charge in [-0.05, 0) is 37.0 Å². The SMILES string of the molecule is C=CC1CCN(S(=O)(=O)c2ccc(C(=O)O)cc2OC)CC1. The molecule has 0 amide bonds. The van der Waals surface area contributed by atoms with Crippen molar-refractivity contribution in [2.45, 2.75) is 17.7 Å². The Hall–Kier alpha value is -1.86. The van der Waals surface area contributed by atoms with E-state index in [9.17, 15) is 13.2 Å². The molecule has 120 valence electrons. The zero-order valence-electron chi connectivity index (χ0n) is 12.4. The summed E-state index contributed by atoms with van der Waals surface area (Å²) < 4.78 is 31.9. The molecule has 1 aliphatic heterocycles. The zero-order chi connectivity index (χ0) is 16.3. The fraction of sp³-hybridized carbons (Fsp3) is 0.400. The van der Waals surface area contributed by atoms with Crippen LogP contribution in [0.15, 0.2) is 35.7 Å². The molecular formula is C15H19NO5S. The van der Waals surface area contributed by atoms with Crippen LogP contribution in [0.5, 0.6) is 5.75 Å². The molecule has 1 aliphatic rings. The van der Waals surface area contributed by atoms with Gasteiger partial charge in [-0.3, -0.25) is 0 Å². The molecule has 22 heavy (non-hydrogen) atoms. The molecule has 0 spiro atoms. The smallest absolute Gasteiger partial charge is 0.335 e. The topological polar surface area (TPSA) is 83.9 Å². The molecule has 0 radical (unpaired) electrons. The minimum absolute atomic E-state index is 0.00273. The third-order valence-electron chi connectivity index (χ3n) is 3.86. The van der Waals surface area contributed by atoms with Crippen LogP contribution >= 0.6 is 0 Å². The third-order valence-corrected chi connectivity index (χ3v) is 5.80. The highest BCUT2D eigenvalue weighted by molar-refractivity contribution is 7.89. The van der Waals surface area contributed by atoms with Crippen molar-refractivity contribution in [2.24, 2.45) is 5.92 Å². The first-order chi connectivity index (χ1) is 10.4. The molecule has 1 aromatic rings. The number of sulfonamides is 1. The number of methoxy groups -OCH3 is 1. The van der Waals surface area contributed by atoms with Gasteiger partial charge in [0, 0.05) is 13.1 Å². The van der Waals surface area contributed by atoms with Gasteiger partial charge in [0.05, 0.1) is 12.7 Å². The van der Waals surface area contributed by atoms with Crippen LogP contribution in [0.2, 0.25) is 0 Å². The van der Waals surface area contributed by atoms with E-state index in [-0.39, 0.29) is 16.2 Å². The van der Waals surface area contributed by atoms with Gasteiger partial charge in [0.25, 0.3) is 0 Å². The summed E-state index contributed by atoms with van der Waals surface area (Å²) in [6, 6.07) is 3.79. The quantitative estimate of drug-likeness (QED) is 0.837. The van der Waals surface area contributed by atoms with Crippen molar-refractivity contribution in [1.29, 1.82) is 0 Å². The molecule has 0 aromatic heterocycles. The van der Waals surface area contributed by atoms with E-state index in [2.05, 4.69) is 6.58 Å². The van der Waals surface area contributed by atoms with Gasteiger partial charge in [-0.15, -0.1) is 6.58 Å². The average molecular weight is 325 g/mol. The van der Waals surface area contributed by atoms with Crippen LogP contribution in [0, 0.1) is 5.92 Å². The molecule has 1 heterocycles. The monoisotopic (exact) mass is 325 g/mol. The van der Waals surface area contributed by atoms with E-state index < -0.39 is 16.0 Å². The molecule has 0 aliphatic carbocycles. The lowest BCUT2D eigenvalue weighted by atomic mass is 9.99. The lowest BCUT2D eigenvalue weighted by Gasteiger charge is -2.30. The summed E-state index contributed by atoms with van der Waals surface area (Å²) in [5.41, 5.74) is -0.0128. The maximum Gasteiger partial charge on any atom is 0.335 e. The Morgan fingerprint density at radius 1 is 1.41 bits per heavy atom. The number of nitrogens with zero attached hydrogens (tertiary/aromatic N) is 1. The molecule has 0 bridgehead atoms. The average Bonchev–Trinajstić information content (AvgIpc) is 2.54. The summed E-state index contributed by atoms with van der Waals surface area (Å²) in [5, 5.41) is 8.98. The van der Waals surface area contributed by atoms with Gasteiger partial charge >= 0.3 is 5.97 Å². The number of piperidine rings is 1. The van der Waals surface area contributed by atoms with Gasteiger partial charge in [-0.1, -0.05) is 6.08 Å². The maximum absolute atomic E-state index is 12.7. The Balaban J connectivity index is 2.33. The zero-order valence-corrected chi connectivity index (χ0v) is 13.2. The van der Waals surface area contributed by atoms with Gasteiger partial charge in [-0.25, -0.2) is 13.2 Å². The molecule has 1 N–H and O–H groups in total. The van der Waals surface area contributed by atoms with Crippen molar-refractivity contribution in [3.05, 3.63) is 36.4 Å². The molecule has 0 atom stereocenters. The predicted octanol–water partition coefficient (Wildman–Crippen LogP) is 1.98. The molecule has 7 heteroatoms. The second kappa shape index (κ2) is 6.50. The van der Waals surface area contributed by atoms with Crippen LogP contribution in [0.1, 0.15) is 23.2 Å². The van der Waals surface area contributed by atoms with Crippen molar-refractivity contribution in [3.63, 3.8) is 0 Å². The second-order valence-corrected chi connectivity index (χ2v) is 7.05. The van der Waals surface area contributed by atoms with E-state index >= 15 is 0 Å². The summed E-state index contributed by atoms with van der Waals surface area (Å²) >= 11 is 0. The van der Waals surface area contributed by atoms with E-state index in [0.717, 1.165) is 12.8 Å². The van der Waals surface area contributed by atoms with Gasteiger partial charge in [0.1, 0.15) is 10.6 Å². The molecule has 6 nitrogen and oxygen atoms in total. The lowest BCUT2D eigenvalue weighted by Crippen LogP contribution is -2.38. The number of benzene rings is 1. The van der Waals surface area contributed by atoms with Crippen LogP contribution in [-0.2, 0) is 10.0 Å². The molecule has 1 aromatic carbocycles. The van der Waals surface area contributed by atoms with Crippen molar-refractivity contribution in [3.8, 4) is 5.75 Å². The number of carboxylic acid groups (broad SMARTS) is 1. The summed E-state index contributed by atoms with van der Waals surface area (Å²) in [7, 11) is -2.37. The van der Waals surface area contributed by atoms with Crippen molar-refractivity contribution >= 4 is 16.0 Å². The van der Waals surface area contributed by atoms with E-state index in [1.165, 1.54) is 29.6 Å². The molecule has 0 saturated carbocycles. The second-order valence-electron chi connectivity index (χ2n) is 5.15. The normalized spacial score (nSPS) is 17.1. The fourth-order valence-corrected chi connectivity index (χ4v) is 4.11. The molecule has 1 fully saturated rings. The van der Waals surface area contributed by atoms with Crippen molar-refractivity contribution < 1.29 is 23.1 Å². The van der Waals surface area contributed by atoms with Gasteiger partial charge in [-0.2, -0.15) is 4.31 Å². The summed E-state index contributed by atoms with van der Waals surface area (Å²) in [6.45, 7) is 4.58. The highest BCUT2D eigenvalue weighted by Gasteiger charge is 2.31. The number of hydrogen-bond donors (Lipinski definition) is 1. The van der Waals surface area contributed by atoms with Gasteiger partial charge in [0.2, 0.25) is 10.0 Å². The van der Waals surface area contributed by atoms with Crippen LogP contribution in [-0.4, -0.2) is 44.0 Å². The van der Waals surface area contributed by atoms with Crippen LogP contribution in [0.3, 0.4) is 0 Å². The number of allylic oxidation sites excluding steroid dienone is 1. The molecule has 2 rings (SSSR count). The highest BCUT2D eigenvalue weighted by Crippen LogP contribution is 2.30. The minimum Gasteiger partial charge on any atom is -0.495 e. The standard InChI is InChI=1S/C15H19NO5S/c1-3-11-6-8-16(9-7-11)22(19,20)14-5-4-12(15(17)18)10-13(14)21-2/h3-5,10-11H,1,6-9H2,2H3,(H,17,18). The number of carbonyl (C=O) groups is 1. The van der Waals surface area contributed by atoms with Gasteiger partial charge < -0.3 is 9.84 Å². The van der Waals surface area contributed by atoms with E-state index in [1.54, 1.807) is 0 Å². The van der Waals surface area contributed by atoms with Crippen molar-refractivity contribution in [1.82, 2.24) is 4.31 Å². The number of ether oxygens (including phenoxy) is 1. The summed E-state index contributed by atoms with van der Waals surface area (Å²) in [4.78, 5) is 11.0. The Morgan fingerprint density at radius 2 is 2.05 bits per heavy atom. The highest BCUT2D eigenvalue weighted by atomic mass is 32.2. The molecular weight excluding hydrogens is 306 g/mol. The van der Waals surface area contributed by atoms with Crippen LogP contribution in [0.25, 0.3) is 0 Å². The van der Waals surface area contributed by atoms with Crippen LogP contribution in [0.4, 0.5) is 0 Å². The number of carboxylic acids is 1. The number of aromatic carboxylic acids is 1. The fourth-order valence-electron chi connectivity index (χ4n) is 2.50. The van der Waals surface area contributed by atoms with Crippen LogP contribution < -0.4 is 4.74 Å². The summed E-state index contributed by atoms with van der Waals surface area (Å²) in [6.07, 6.45) is 3.32. The largest absolute Gasteiger partial charge is 0.495 e. The van der Waals surface area contributed by atoms with Crippen molar-refractivity contribution in [2.75, 3.05) is 20.2 Å². The van der Waals surface area contributed by atoms with Gasteiger partial charge in [0.15, 0.2) is 0 Å². The maximum atomic E-state index is 12.7. The first kappa shape index (κ1) is 16.5. The third kappa shape index (κ3) is 3.15. The summed E-state index contributed by atoms with van der Waals surface area (Å²) in [5.74, 6) is -0.748.